The van der Waals surface area contributed by atoms with Crippen LogP contribution in [0, 0.1) is 0 Å². The van der Waals surface area contributed by atoms with Gasteiger partial charge in [0.25, 0.3) is 5.91 Å². The van der Waals surface area contributed by atoms with Crippen molar-refractivity contribution >= 4 is 23.6 Å². The summed E-state index contributed by atoms with van der Waals surface area (Å²) in [5, 5.41) is 7.99. The smallest absolute Gasteiger partial charge is 0.408 e. The maximum absolute atomic E-state index is 12.9. The summed E-state index contributed by atoms with van der Waals surface area (Å²) >= 11 is 0. The van der Waals surface area contributed by atoms with Gasteiger partial charge in [0.15, 0.2) is 11.5 Å². The molecule has 0 unspecified atom stereocenters. The molecule has 0 spiro atoms. The molecule has 37 heavy (non-hydrogen) atoms. The summed E-state index contributed by atoms with van der Waals surface area (Å²) in [5.41, 5.74) is 1.01. The zero-order chi connectivity index (χ0) is 27.4. The predicted octanol–water partition coefficient (Wildman–Crippen LogP) is 4.28. The maximum Gasteiger partial charge on any atom is 0.408 e. The van der Waals surface area contributed by atoms with E-state index in [4.69, 9.17) is 18.9 Å². The number of hydrogen-bond acceptors (Lipinski definition) is 7. The number of ether oxygens (including phenoxy) is 4. The van der Waals surface area contributed by atoms with E-state index in [2.05, 4.69) is 16.0 Å². The van der Waals surface area contributed by atoms with Gasteiger partial charge in [-0.05, 0) is 71.4 Å². The molecule has 2 aromatic rings. The number of benzene rings is 2. The summed E-state index contributed by atoms with van der Waals surface area (Å²) in [6, 6.07) is 10.3. The molecule has 3 N–H and O–H groups in total. The van der Waals surface area contributed by atoms with E-state index in [-0.39, 0.29) is 19.0 Å². The first-order chi connectivity index (χ1) is 17.6. The average molecular weight is 516 g/mol. The Labute approximate surface area is 218 Å². The van der Waals surface area contributed by atoms with E-state index < -0.39 is 17.6 Å². The van der Waals surface area contributed by atoms with Crippen molar-refractivity contribution < 1.29 is 33.3 Å². The van der Waals surface area contributed by atoms with E-state index in [1.54, 1.807) is 51.1 Å². The van der Waals surface area contributed by atoms with E-state index in [1.165, 1.54) is 0 Å². The number of carbonyl (C=O) groups excluding carboxylic acids is 3. The van der Waals surface area contributed by atoms with Crippen molar-refractivity contribution in [3.05, 3.63) is 47.5 Å². The van der Waals surface area contributed by atoms with Gasteiger partial charge in [-0.25, -0.2) is 4.79 Å². The molecule has 3 amide bonds. The summed E-state index contributed by atoms with van der Waals surface area (Å²) in [5.74, 6) is 0.608. The fourth-order valence-corrected chi connectivity index (χ4v) is 3.24. The molecule has 10 heteroatoms. The highest BCUT2D eigenvalue weighted by atomic mass is 16.6. The highest BCUT2D eigenvalue weighted by Crippen LogP contribution is 2.39. The normalized spacial score (nSPS) is 10.8. The topological polar surface area (TPSA) is 124 Å². The highest BCUT2D eigenvalue weighted by molar-refractivity contribution is 5.96. The van der Waals surface area contributed by atoms with Gasteiger partial charge in [0.1, 0.15) is 12.1 Å². The predicted molar refractivity (Wildman–Crippen MR) is 140 cm³/mol. The third kappa shape index (κ3) is 9.91. The number of hydrogen-bond donors (Lipinski definition) is 3. The van der Waals surface area contributed by atoms with E-state index >= 15 is 0 Å². The van der Waals surface area contributed by atoms with Gasteiger partial charge < -0.3 is 34.9 Å². The molecular formula is C27H37N3O7. The fourth-order valence-electron chi connectivity index (χ4n) is 3.24. The quantitative estimate of drug-likeness (QED) is 0.385. The third-order valence-electron chi connectivity index (χ3n) is 4.63. The number of alkyl carbamates (subject to hydrolysis) is 1. The van der Waals surface area contributed by atoms with Gasteiger partial charge in [0.05, 0.1) is 19.8 Å². The maximum atomic E-state index is 12.9. The lowest BCUT2D eigenvalue weighted by Gasteiger charge is -2.19. The second kappa shape index (κ2) is 14.0. The molecule has 0 atom stereocenters. The van der Waals surface area contributed by atoms with Crippen molar-refractivity contribution in [1.29, 1.82) is 0 Å². The van der Waals surface area contributed by atoms with Crippen LogP contribution in [0.15, 0.2) is 36.4 Å². The lowest BCUT2D eigenvalue weighted by Crippen LogP contribution is -2.37. The zero-order valence-electron chi connectivity index (χ0n) is 22.4. The van der Waals surface area contributed by atoms with Crippen molar-refractivity contribution in [1.82, 2.24) is 10.6 Å². The number of anilines is 1. The molecular weight excluding hydrogens is 478 g/mol. The molecule has 0 bridgehead atoms. The van der Waals surface area contributed by atoms with Crippen LogP contribution in [0.4, 0.5) is 10.5 Å². The molecule has 202 valence electrons. The number of amides is 3. The Morgan fingerprint density at radius 2 is 1.46 bits per heavy atom. The summed E-state index contributed by atoms with van der Waals surface area (Å²) in [6.07, 6.45) is -0.673. The van der Waals surface area contributed by atoms with Gasteiger partial charge in [-0.15, -0.1) is 0 Å². The van der Waals surface area contributed by atoms with Gasteiger partial charge in [0.2, 0.25) is 11.7 Å². The highest BCUT2D eigenvalue weighted by Gasteiger charge is 2.19. The second-order valence-corrected chi connectivity index (χ2v) is 8.89. The molecule has 0 radical (unpaired) electrons. The molecule has 2 aromatic carbocycles. The van der Waals surface area contributed by atoms with Crippen molar-refractivity contribution in [2.24, 2.45) is 0 Å². The standard InChI is InChI=1S/C27H37N3O7/c1-7-34-21-14-19(15-22(35-8-2)24(21)36-9-3)25(32)28-16-18-11-10-12-20(13-18)30-23(31)17-29-26(33)37-27(4,5)6/h10-15H,7-9,16-17H2,1-6H3,(H,28,32)(H,29,33)(H,30,31). The number of carbonyl (C=O) groups is 3. The minimum absolute atomic E-state index is 0.222. The Morgan fingerprint density at radius 1 is 0.838 bits per heavy atom. The minimum atomic E-state index is -0.673. The van der Waals surface area contributed by atoms with Crippen LogP contribution in [-0.2, 0) is 16.1 Å². The van der Waals surface area contributed by atoms with Crippen molar-refractivity contribution in [3.8, 4) is 17.2 Å². The molecule has 10 nitrogen and oxygen atoms in total. The van der Waals surface area contributed by atoms with Crippen molar-refractivity contribution in [2.75, 3.05) is 31.7 Å². The first-order valence-corrected chi connectivity index (χ1v) is 12.3. The molecule has 0 aromatic heterocycles. The zero-order valence-corrected chi connectivity index (χ0v) is 22.4. The van der Waals surface area contributed by atoms with Crippen LogP contribution >= 0.6 is 0 Å². The van der Waals surface area contributed by atoms with Crippen LogP contribution < -0.4 is 30.2 Å². The molecule has 0 saturated heterocycles. The van der Waals surface area contributed by atoms with Crippen LogP contribution in [0.1, 0.15) is 57.5 Å². The Kier molecular flexibility index (Phi) is 11.0. The summed E-state index contributed by atoms with van der Waals surface area (Å²) in [4.78, 5) is 36.9. The largest absolute Gasteiger partial charge is 0.490 e. The third-order valence-corrected chi connectivity index (χ3v) is 4.63. The average Bonchev–Trinajstić information content (AvgIpc) is 2.82. The van der Waals surface area contributed by atoms with Crippen LogP contribution in [0.5, 0.6) is 17.2 Å². The van der Waals surface area contributed by atoms with Gasteiger partial charge >= 0.3 is 6.09 Å². The SMILES string of the molecule is CCOc1cc(C(=O)NCc2cccc(NC(=O)CNC(=O)OC(C)(C)C)c2)cc(OCC)c1OCC. The molecule has 0 fully saturated rings. The van der Waals surface area contributed by atoms with Crippen LogP contribution in [0.25, 0.3) is 0 Å². The molecule has 0 heterocycles. The summed E-state index contributed by atoms with van der Waals surface area (Å²) < 4.78 is 22.2. The Bertz CT molecular complexity index is 1050. The van der Waals surface area contributed by atoms with Gasteiger partial charge in [-0.3, -0.25) is 9.59 Å². The summed E-state index contributed by atoms with van der Waals surface area (Å²) in [6.45, 7) is 12.0. The molecule has 0 aliphatic carbocycles. The monoisotopic (exact) mass is 515 g/mol. The lowest BCUT2D eigenvalue weighted by atomic mass is 10.1. The Morgan fingerprint density at radius 3 is 2.03 bits per heavy atom. The van der Waals surface area contributed by atoms with Gasteiger partial charge in [-0.2, -0.15) is 0 Å². The lowest BCUT2D eigenvalue weighted by molar-refractivity contribution is -0.115. The minimum Gasteiger partial charge on any atom is -0.490 e. The second-order valence-electron chi connectivity index (χ2n) is 8.89. The van der Waals surface area contributed by atoms with Gasteiger partial charge in [0, 0.05) is 17.8 Å². The van der Waals surface area contributed by atoms with E-state index in [0.717, 1.165) is 5.56 Å². The summed E-state index contributed by atoms with van der Waals surface area (Å²) in [7, 11) is 0. The molecule has 0 aliphatic rings. The fraction of sp³-hybridized carbons (Fsp3) is 0.444. The van der Waals surface area contributed by atoms with E-state index in [0.29, 0.717) is 48.3 Å². The first kappa shape index (κ1) is 29.3. The van der Waals surface area contributed by atoms with Gasteiger partial charge in [-0.1, -0.05) is 12.1 Å². The molecule has 2 rings (SSSR count). The molecule has 0 aliphatic heterocycles. The van der Waals surface area contributed by atoms with Crippen molar-refractivity contribution in [2.45, 2.75) is 53.7 Å². The van der Waals surface area contributed by atoms with Crippen molar-refractivity contribution in [3.63, 3.8) is 0 Å². The number of rotatable bonds is 12. The Balaban J connectivity index is 2.02. The van der Waals surface area contributed by atoms with E-state index in [9.17, 15) is 14.4 Å². The van der Waals surface area contributed by atoms with Crippen LogP contribution in [0.2, 0.25) is 0 Å². The number of nitrogens with one attached hydrogen (secondary N) is 3. The van der Waals surface area contributed by atoms with E-state index in [1.807, 2.05) is 26.8 Å². The van der Waals surface area contributed by atoms with Crippen LogP contribution in [0.3, 0.4) is 0 Å². The van der Waals surface area contributed by atoms with Crippen LogP contribution in [-0.4, -0.2) is 49.9 Å². The molecule has 0 saturated carbocycles. The first-order valence-electron chi connectivity index (χ1n) is 12.3. The Hall–Kier alpha value is -3.95.